The molecule has 0 fully saturated rings. The molecule has 0 saturated carbocycles. The van der Waals surface area contributed by atoms with Crippen LogP contribution in [0.15, 0.2) is 192 Å². The predicted octanol–water partition coefficient (Wildman–Crippen LogP) is 13.8. The molecule has 0 amide bonds. The van der Waals surface area contributed by atoms with Crippen molar-refractivity contribution in [3.05, 3.63) is 188 Å². The monoisotopic (exact) mass is 637 g/mol. The van der Waals surface area contributed by atoms with Crippen molar-refractivity contribution in [2.45, 2.75) is 0 Å². The molecule has 9 aromatic carbocycles. The minimum atomic E-state index is 0.878. The smallest absolute Gasteiger partial charge is 0.137 e. The van der Waals surface area contributed by atoms with Gasteiger partial charge in [-0.2, -0.15) is 0 Å². The van der Waals surface area contributed by atoms with E-state index in [0.29, 0.717) is 0 Å². The van der Waals surface area contributed by atoms with Crippen LogP contribution >= 0.6 is 0 Å². The van der Waals surface area contributed by atoms with E-state index < -0.39 is 0 Å². The minimum Gasteiger partial charge on any atom is -0.456 e. The lowest BCUT2D eigenvalue weighted by Crippen LogP contribution is -2.10. The van der Waals surface area contributed by atoms with Crippen molar-refractivity contribution < 1.29 is 4.42 Å². The Labute approximate surface area is 290 Å². The first-order valence-corrected chi connectivity index (χ1v) is 17.1. The summed E-state index contributed by atoms with van der Waals surface area (Å²) in [5, 5.41) is 9.61. The summed E-state index contributed by atoms with van der Waals surface area (Å²) in [5.74, 6) is 0. The summed E-state index contributed by atoms with van der Waals surface area (Å²) < 4.78 is 6.35. The molecule has 2 heteroatoms. The first-order valence-electron chi connectivity index (χ1n) is 17.1. The number of para-hydroxylation sites is 1. The van der Waals surface area contributed by atoms with E-state index in [2.05, 4.69) is 181 Å². The molecular weight excluding hydrogens is 607 g/mol. The lowest BCUT2D eigenvalue weighted by molar-refractivity contribution is 0.669. The summed E-state index contributed by atoms with van der Waals surface area (Å²) in [7, 11) is 0. The van der Waals surface area contributed by atoms with E-state index in [0.717, 1.165) is 44.6 Å². The normalized spacial score (nSPS) is 11.6. The van der Waals surface area contributed by atoms with Crippen LogP contribution in [0.25, 0.3) is 76.5 Å². The number of hydrogen-bond acceptors (Lipinski definition) is 2. The predicted molar refractivity (Wildman–Crippen MR) is 212 cm³/mol. The average Bonchev–Trinajstić information content (AvgIpc) is 3.57. The van der Waals surface area contributed by atoms with Crippen LogP contribution in [-0.2, 0) is 0 Å². The Balaban J connectivity index is 1.09. The summed E-state index contributed by atoms with van der Waals surface area (Å²) in [4.78, 5) is 2.37. The highest BCUT2D eigenvalue weighted by Gasteiger charge is 2.20. The van der Waals surface area contributed by atoms with Gasteiger partial charge < -0.3 is 9.32 Å². The Bertz CT molecular complexity index is 2900. The van der Waals surface area contributed by atoms with Crippen LogP contribution < -0.4 is 4.90 Å². The van der Waals surface area contributed by atoms with Crippen molar-refractivity contribution in [1.82, 2.24) is 0 Å². The van der Waals surface area contributed by atoms with Crippen molar-refractivity contribution in [1.29, 1.82) is 0 Å². The van der Waals surface area contributed by atoms with Crippen LogP contribution in [0.1, 0.15) is 0 Å². The Morgan fingerprint density at radius 2 is 0.820 bits per heavy atom. The van der Waals surface area contributed by atoms with Gasteiger partial charge in [-0.3, -0.25) is 0 Å². The van der Waals surface area contributed by atoms with Crippen LogP contribution in [0, 0.1) is 0 Å². The van der Waals surface area contributed by atoms with Crippen molar-refractivity contribution in [3.8, 4) is 22.3 Å². The largest absolute Gasteiger partial charge is 0.456 e. The molecule has 0 N–H and O–H groups in total. The standard InChI is InChI=1S/C48H31NO/c1-3-11-34-27-38(20-19-32(34)9-1)40-24-23-39-28-37(21-22-41(39)29-40)36-13-7-14-42(31-36)49(43-26-25-33-10-2-4-12-35(33)30-43)45-16-8-18-47-48(45)44-15-5-6-17-46(44)50-47/h1-31H. The van der Waals surface area contributed by atoms with Gasteiger partial charge in [0.05, 0.1) is 11.1 Å². The molecule has 0 bridgehead atoms. The second-order valence-corrected chi connectivity index (χ2v) is 13.0. The van der Waals surface area contributed by atoms with Gasteiger partial charge in [-0.05, 0) is 115 Å². The maximum Gasteiger partial charge on any atom is 0.137 e. The first kappa shape index (κ1) is 28.4. The van der Waals surface area contributed by atoms with Gasteiger partial charge in [0.25, 0.3) is 0 Å². The Morgan fingerprint density at radius 3 is 1.54 bits per heavy atom. The number of benzene rings is 9. The summed E-state index contributed by atoms with van der Waals surface area (Å²) in [6, 6.07) is 67.7. The molecular formula is C48H31NO. The van der Waals surface area contributed by atoms with E-state index >= 15 is 0 Å². The van der Waals surface area contributed by atoms with Crippen LogP contribution in [0.5, 0.6) is 0 Å². The Kier molecular flexibility index (Phi) is 6.53. The molecule has 10 aromatic rings. The van der Waals surface area contributed by atoms with Crippen molar-refractivity contribution >= 4 is 71.3 Å². The van der Waals surface area contributed by atoms with Crippen LogP contribution in [0.2, 0.25) is 0 Å². The average molecular weight is 638 g/mol. The molecule has 0 spiro atoms. The van der Waals surface area contributed by atoms with E-state index in [1.165, 1.54) is 49.0 Å². The molecule has 10 rings (SSSR count). The maximum absolute atomic E-state index is 6.35. The van der Waals surface area contributed by atoms with Gasteiger partial charge in [-0.1, -0.05) is 127 Å². The van der Waals surface area contributed by atoms with Gasteiger partial charge in [0.1, 0.15) is 11.2 Å². The number of furan rings is 1. The lowest BCUT2D eigenvalue weighted by Gasteiger charge is -2.27. The van der Waals surface area contributed by atoms with Gasteiger partial charge in [0, 0.05) is 16.8 Å². The zero-order valence-corrected chi connectivity index (χ0v) is 27.3. The number of rotatable bonds is 5. The number of hydrogen-bond donors (Lipinski definition) is 0. The zero-order chi connectivity index (χ0) is 33.0. The summed E-state index contributed by atoms with van der Waals surface area (Å²) in [6.07, 6.45) is 0. The zero-order valence-electron chi connectivity index (χ0n) is 27.3. The highest BCUT2D eigenvalue weighted by molar-refractivity contribution is 6.13. The summed E-state index contributed by atoms with van der Waals surface area (Å²) >= 11 is 0. The topological polar surface area (TPSA) is 16.4 Å². The fourth-order valence-corrected chi connectivity index (χ4v) is 7.48. The Morgan fingerprint density at radius 1 is 0.320 bits per heavy atom. The summed E-state index contributed by atoms with van der Waals surface area (Å²) in [6.45, 7) is 0. The van der Waals surface area contributed by atoms with Gasteiger partial charge in [0.2, 0.25) is 0 Å². The number of fused-ring (bicyclic) bond motifs is 6. The maximum atomic E-state index is 6.35. The molecule has 0 aliphatic heterocycles. The Hall–Kier alpha value is -6.64. The van der Waals surface area contributed by atoms with Crippen LogP contribution in [0.4, 0.5) is 17.1 Å². The third-order valence-electron chi connectivity index (χ3n) is 9.97. The van der Waals surface area contributed by atoms with Crippen LogP contribution in [-0.4, -0.2) is 0 Å². The SMILES string of the molecule is c1cc(-c2ccc3cc(-c4ccc5ccccc5c4)ccc3c2)cc(N(c2ccc3ccccc3c2)c2cccc3oc4ccccc4c23)c1. The molecule has 2 nitrogen and oxygen atoms in total. The molecule has 0 unspecified atom stereocenters. The van der Waals surface area contributed by atoms with Crippen molar-refractivity contribution in [2.24, 2.45) is 0 Å². The molecule has 0 aliphatic carbocycles. The number of nitrogens with zero attached hydrogens (tertiary/aromatic N) is 1. The fraction of sp³-hybridized carbons (Fsp3) is 0. The van der Waals surface area contributed by atoms with Crippen molar-refractivity contribution in [2.75, 3.05) is 4.90 Å². The quantitative estimate of drug-likeness (QED) is 0.187. The molecule has 1 aromatic heterocycles. The highest BCUT2D eigenvalue weighted by atomic mass is 16.3. The number of anilines is 3. The van der Waals surface area contributed by atoms with Gasteiger partial charge in [0.15, 0.2) is 0 Å². The van der Waals surface area contributed by atoms with E-state index in [9.17, 15) is 0 Å². The molecule has 234 valence electrons. The van der Waals surface area contributed by atoms with Crippen molar-refractivity contribution in [3.63, 3.8) is 0 Å². The highest BCUT2D eigenvalue weighted by Crippen LogP contribution is 2.44. The molecule has 0 aliphatic rings. The first-order chi connectivity index (χ1) is 24.7. The molecule has 50 heavy (non-hydrogen) atoms. The third-order valence-corrected chi connectivity index (χ3v) is 9.97. The lowest BCUT2D eigenvalue weighted by atomic mass is 9.96. The van der Waals surface area contributed by atoms with E-state index in [1.54, 1.807) is 0 Å². The molecule has 0 radical (unpaired) electrons. The van der Waals surface area contributed by atoms with Gasteiger partial charge in [-0.15, -0.1) is 0 Å². The fourth-order valence-electron chi connectivity index (χ4n) is 7.48. The van der Waals surface area contributed by atoms with Crippen LogP contribution in [0.3, 0.4) is 0 Å². The van der Waals surface area contributed by atoms with E-state index in [1.807, 2.05) is 12.1 Å². The van der Waals surface area contributed by atoms with E-state index in [4.69, 9.17) is 4.42 Å². The minimum absolute atomic E-state index is 0.878. The van der Waals surface area contributed by atoms with Gasteiger partial charge in [-0.25, -0.2) is 0 Å². The van der Waals surface area contributed by atoms with Gasteiger partial charge >= 0.3 is 0 Å². The second-order valence-electron chi connectivity index (χ2n) is 13.0. The molecule has 1 heterocycles. The summed E-state index contributed by atoms with van der Waals surface area (Å²) in [5.41, 5.74) is 9.84. The third kappa shape index (κ3) is 4.81. The molecule has 0 saturated heterocycles. The second kappa shape index (κ2) is 11.5. The molecule has 0 atom stereocenters. The van der Waals surface area contributed by atoms with E-state index in [-0.39, 0.29) is 0 Å².